The van der Waals surface area contributed by atoms with E-state index in [-0.39, 0.29) is 6.04 Å². The van der Waals surface area contributed by atoms with Gasteiger partial charge in [-0.2, -0.15) is 0 Å². The van der Waals surface area contributed by atoms with Gasteiger partial charge in [0.2, 0.25) is 0 Å². The van der Waals surface area contributed by atoms with Crippen molar-refractivity contribution < 1.29 is 18.3 Å². The van der Waals surface area contributed by atoms with Crippen LogP contribution in [-0.4, -0.2) is 61.3 Å². The number of hydrogen-bond acceptors (Lipinski definition) is 4. The van der Waals surface area contributed by atoms with E-state index in [0.29, 0.717) is 6.54 Å². The highest BCUT2D eigenvalue weighted by Crippen LogP contribution is 2.15. The highest BCUT2D eigenvalue weighted by molar-refractivity contribution is 5.67. The number of alkyl carbamates (subject to hydrolysis) is 1. The molecule has 1 fully saturated rings. The number of halogens is 2. The lowest BCUT2D eigenvalue weighted by Gasteiger charge is -2.32. The molecule has 0 aliphatic carbocycles. The van der Waals surface area contributed by atoms with Crippen molar-refractivity contribution >= 4 is 6.09 Å². The maximum Gasteiger partial charge on any atom is 0.407 e. The number of rotatable bonds is 6. The SMILES string of the molecule is C#CCN1CCC(NCC(F)(F)CNC(=O)OC(C)(C)C)CC1. The smallest absolute Gasteiger partial charge is 0.407 e. The van der Waals surface area contributed by atoms with E-state index in [4.69, 9.17) is 11.2 Å². The maximum atomic E-state index is 13.8. The number of nitrogens with one attached hydrogen (secondary N) is 2. The summed E-state index contributed by atoms with van der Waals surface area (Å²) in [6.07, 6.45) is 6.00. The molecule has 0 aromatic carbocycles. The molecule has 1 rings (SSSR count). The van der Waals surface area contributed by atoms with Crippen LogP contribution in [0, 0.1) is 12.3 Å². The van der Waals surface area contributed by atoms with Crippen molar-refractivity contribution in [3.05, 3.63) is 0 Å². The van der Waals surface area contributed by atoms with Gasteiger partial charge in [0.25, 0.3) is 5.92 Å². The number of carbonyl (C=O) groups is 1. The van der Waals surface area contributed by atoms with Crippen LogP contribution in [0.25, 0.3) is 0 Å². The second kappa shape index (κ2) is 8.46. The molecular weight excluding hydrogens is 304 g/mol. The van der Waals surface area contributed by atoms with Gasteiger partial charge >= 0.3 is 6.09 Å². The largest absolute Gasteiger partial charge is 0.444 e. The van der Waals surface area contributed by atoms with Gasteiger partial charge in [-0.25, -0.2) is 13.6 Å². The zero-order chi connectivity index (χ0) is 17.5. The summed E-state index contributed by atoms with van der Waals surface area (Å²) in [5.41, 5.74) is -0.704. The van der Waals surface area contributed by atoms with Crippen LogP contribution >= 0.6 is 0 Å². The number of terminal acetylenes is 1. The summed E-state index contributed by atoms with van der Waals surface area (Å²) in [4.78, 5) is 13.5. The second-order valence-corrected chi connectivity index (χ2v) is 6.85. The molecule has 23 heavy (non-hydrogen) atoms. The average molecular weight is 331 g/mol. The monoisotopic (exact) mass is 331 g/mol. The third-order valence-corrected chi connectivity index (χ3v) is 3.44. The molecule has 0 radical (unpaired) electrons. The molecule has 0 unspecified atom stereocenters. The minimum absolute atomic E-state index is 0.0522. The lowest BCUT2D eigenvalue weighted by molar-refractivity contribution is -0.00707. The van der Waals surface area contributed by atoms with E-state index in [1.807, 2.05) is 0 Å². The van der Waals surface area contributed by atoms with E-state index in [0.717, 1.165) is 25.9 Å². The van der Waals surface area contributed by atoms with Gasteiger partial charge in [0, 0.05) is 19.1 Å². The molecule has 0 spiro atoms. The zero-order valence-corrected chi connectivity index (χ0v) is 14.1. The molecule has 1 heterocycles. The Bertz CT molecular complexity index is 422. The van der Waals surface area contributed by atoms with Crippen molar-refractivity contribution in [2.24, 2.45) is 0 Å². The summed E-state index contributed by atoms with van der Waals surface area (Å²) in [7, 11) is 0. The average Bonchev–Trinajstić information content (AvgIpc) is 2.43. The van der Waals surface area contributed by atoms with Crippen molar-refractivity contribution in [1.82, 2.24) is 15.5 Å². The number of piperidine rings is 1. The van der Waals surface area contributed by atoms with Crippen LogP contribution in [0.2, 0.25) is 0 Å². The van der Waals surface area contributed by atoms with Gasteiger partial charge in [-0.05, 0) is 33.6 Å². The highest BCUT2D eigenvalue weighted by atomic mass is 19.3. The number of ether oxygens (including phenoxy) is 1. The highest BCUT2D eigenvalue weighted by Gasteiger charge is 2.31. The van der Waals surface area contributed by atoms with E-state index >= 15 is 0 Å². The first-order valence-electron chi connectivity index (χ1n) is 7.85. The molecular formula is C16H27F2N3O2. The van der Waals surface area contributed by atoms with Crippen molar-refractivity contribution in [1.29, 1.82) is 0 Å². The lowest BCUT2D eigenvalue weighted by atomic mass is 10.0. The van der Waals surface area contributed by atoms with Crippen LogP contribution in [-0.2, 0) is 4.74 Å². The summed E-state index contributed by atoms with van der Waals surface area (Å²) < 4.78 is 32.5. The van der Waals surface area contributed by atoms with Gasteiger partial charge < -0.3 is 15.4 Å². The first-order valence-corrected chi connectivity index (χ1v) is 7.85. The summed E-state index contributed by atoms with van der Waals surface area (Å²) in [5, 5.41) is 4.99. The molecule has 132 valence electrons. The van der Waals surface area contributed by atoms with E-state index in [9.17, 15) is 13.6 Å². The first-order chi connectivity index (χ1) is 10.6. The van der Waals surface area contributed by atoms with Crippen LogP contribution < -0.4 is 10.6 Å². The van der Waals surface area contributed by atoms with Crippen molar-refractivity contribution in [3.63, 3.8) is 0 Å². The van der Waals surface area contributed by atoms with Gasteiger partial charge in [-0.15, -0.1) is 6.42 Å². The molecule has 1 amide bonds. The minimum Gasteiger partial charge on any atom is -0.444 e. The topological polar surface area (TPSA) is 53.6 Å². The van der Waals surface area contributed by atoms with Crippen molar-refractivity contribution in [2.45, 2.75) is 51.2 Å². The molecule has 5 nitrogen and oxygen atoms in total. The Morgan fingerprint density at radius 1 is 1.30 bits per heavy atom. The van der Waals surface area contributed by atoms with E-state index in [1.165, 1.54) is 0 Å². The number of likely N-dealkylation sites (tertiary alicyclic amines) is 1. The summed E-state index contributed by atoms with van der Waals surface area (Å²) in [6.45, 7) is 6.04. The van der Waals surface area contributed by atoms with E-state index < -0.39 is 30.7 Å². The molecule has 7 heteroatoms. The molecule has 1 aliphatic heterocycles. The third kappa shape index (κ3) is 8.72. The lowest BCUT2D eigenvalue weighted by Crippen LogP contribution is -2.49. The molecule has 0 aromatic heterocycles. The quantitative estimate of drug-likeness (QED) is 0.729. The van der Waals surface area contributed by atoms with Gasteiger partial charge in [-0.3, -0.25) is 4.90 Å². The van der Waals surface area contributed by atoms with Crippen LogP contribution in [0.3, 0.4) is 0 Å². The van der Waals surface area contributed by atoms with Crippen molar-refractivity contribution in [2.75, 3.05) is 32.7 Å². The fourth-order valence-electron chi connectivity index (χ4n) is 2.30. The van der Waals surface area contributed by atoms with Crippen LogP contribution in [0.15, 0.2) is 0 Å². The Balaban J connectivity index is 2.25. The Hall–Kier alpha value is -1.39. The van der Waals surface area contributed by atoms with E-state index in [2.05, 4.69) is 21.5 Å². The first kappa shape index (κ1) is 19.7. The molecule has 0 aromatic rings. The molecule has 0 bridgehead atoms. The Labute approximate surface area is 137 Å². The van der Waals surface area contributed by atoms with Crippen LogP contribution in [0.5, 0.6) is 0 Å². The normalized spacial score (nSPS) is 17.6. The number of amides is 1. The molecule has 0 saturated carbocycles. The standard InChI is InChI=1S/C16H27F2N3O2/c1-5-8-21-9-6-13(7-10-21)19-11-16(17,18)12-20-14(22)23-15(2,3)4/h1,13,19H,6-12H2,2-4H3,(H,20,22). The molecule has 0 atom stereocenters. The summed E-state index contributed by atoms with van der Waals surface area (Å²) >= 11 is 0. The molecule has 1 aliphatic rings. The van der Waals surface area contributed by atoms with Gasteiger partial charge in [-0.1, -0.05) is 5.92 Å². The Kier molecular flexibility index (Phi) is 7.23. The zero-order valence-electron chi connectivity index (χ0n) is 14.1. The van der Waals surface area contributed by atoms with Crippen molar-refractivity contribution in [3.8, 4) is 12.3 Å². The summed E-state index contributed by atoms with van der Waals surface area (Å²) in [5.74, 6) is -0.436. The fourth-order valence-corrected chi connectivity index (χ4v) is 2.30. The fraction of sp³-hybridized carbons (Fsp3) is 0.812. The van der Waals surface area contributed by atoms with Crippen LogP contribution in [0.4, 0.5) is 13.6 Å². The number of hydrogen-bond donors (Lipinski definition) is 2. The van der Waals surface area contributed by atoms with Gasteiger partial charge in [0.15, 0.2) is 0 Å². The molecule has 2 N–H and O–H groups in total. The molecule has 1 saturated heterocycles. The van der Waals surface area contributed by atoms with E-state index in [1.54, 1.807) is 20.8 Å². The van der Waals surface area contributed by atoms with Crippen LogP contribution in [0.1, 0.15) is 33.6 Å². The predicted octanol–water partition coefficient (Wildman–Crippen LogP) is 1.83. The minimum atomic E-state index is -3.02. The van der Waals surface area contributed by atoms with Gasteiger partial charge in [0.05, 0.1) is 19.6 Å². The second-order valence-electron chi connectivity index (χ2n) is 6.85. The number of nitrogens with zero attached hydrogens (tertiary/aromatic N) is 1. The Morgan fingerprint density at radius 2 is 1.91 bits per heavy atom. The van der Waals surface area contributed by atoms with Gasteiger partial charge in [0.1, 0.15) is 5.60 Å². The third-order valence-electron chi connectivity index (χ3n) is 3.44. The Morgan fingerprint density at radius 3 is 2.43 bits per heavy atom. The maximum absolute atomic E-state index is 13.8. The summed E-state index contributed by atoms with van der Waals surface area (Å²) in [6, 6.07) is 0.0522. The number of carbonyl (C=O) groups excluding carboxylic acids is 1. The predicted molar refractivity (Wildman–Crippen MR) is 85.5 cm³/mol. The number of alkyl halides is 2.